The number of hydrogen-bond acceptors (Lipinski definition) is 4. The molecule has 2 aromatic rings. The monoisotopic (exact) mass is 286 g/mol. The van der Waals surface area contributed by atoms with Crippen LogP contribution in [0.4, 0.5) is 4.39 Å². The lowest BCUT2D eigenvalue weighted by molar-refractivity contribution is 0.0795. The molecule has 1 aromatic heterocycles. The zero-order valence-electron chi connectivity index (χ0n) is 10.9. The third kappa shape index (κ3) is 2.60. The van der Waals surface area contributed by atoms with Gasteiger partial charge >= 0.3 is 0 Å². The van der Waals surface area contributed by atoms with Gasteiger partial charge < -0.3 is 10.1 Å². The molecule has 0 unspecified atom stereocenters. The second kappa shape index (κ2) is 5.32. The Morgan fingerprint density at radius 3 is 2.95 bits per heavy atom. The molecule has 106 valence electrons. The number of fused-ring (bicyclic) bond motifs is 1. The molecule has 0 saturated carbocycles. The van der Waals surface area contributed by atoms with Crippen LogP contribution in [0.25, 0.3) is 0 Å². The SMILES string of the molecule is O=C(N[C@@H]1COc2ccccc2C1=O)c1cncc(F)c1. The number of pyridine rings is 1. The highest BCUT2D eigenvalue weighted by Crippen LogP contribution is 2.24. The number of rotatable bonds is 2. The molecule has 6 heteroatoms. The van der Waals surface area contributed by atoms with Crippen molar-refractivity contribution >= 4 is 11.7 Å². The van der Waals surface area contributed by atoms with Crippen LogP contribution in [0.5, 0.6) is 5.75 Å². The van der Waals surface area contributed by atoms with E-state index in [9.17, 15) is 14.0 Å². The minimum Gasteiger partial charge on any atom is -0.490 e. The minimum absolute atomic E-state index is 0.0460. The highest BCUT2D eigenvalue weighted by molar-refractivity contribution is 6.06. The van der Waals surface area contributed by atoms with Gasteiger partial charge in [-0.05, 0) is 18.2 Å². The van der Waals surface area contributed by atoms with Crippen LogP contribution in [-0.4, -0.2) is 29.3 Å². The van der Waals surface area contributed by atoms with E-state index in [0.29, 0.717) is 11.3 Å². The molecule has 0 aliphatic carbocycles. The minimum atomic E-state index is -0.796. The average molecular weight is 286 g/mol. The van der Waals surface area contributed by atoms with E-state index in [-0.39, 0.29) is 18.0 Å². The molecule has 1 atom stereocenters. The van der Waals surface area contributed by atoms with Crippen LogP contribution < -0.4 is 10.1 Å². The third-order valence-corrected chi connectivity index (χ3v) is 3.15. The fraction of sp³-hybridized carbons (Fsp3) is 0.133. The van der Waals surface area contributed by atoms with Gasteiger partial charge in [-0.25, -0.2) is 4.39 Å². The van der Waals surface area contributed by atoms with Crippen molar-refractivity contribution in [1.82, 2.24) is 10.3 Å². The van der Waals surface area contributed by atoms with Crippen LogP contribution in [0.3, 0.4) is 0 Å². The first-order chi connectivity index (χ1) is 10.1. The Morgan fingerprint density at radius 2 is 2.14 bits per heavy atom. The standard InChI is InChI=1S/C15H11FN2O3/c16-10-5-9(6-17-7-10)15(20)18-12-8-21-13-4-2-1-3-11(13)14(12)19/h1-7,12H,8H2,(H,18,20)/t12-/m1/s1. The van der Waals surface area contributed by atoms with Gasteiger partial charge in [-0.2, -0.15) is 0 Å². The molecular weight excluding hydrogens is 275 g/mol. The molecule has 1 aliphatic heterocycles. The second-order valence-corrected chi connectivity index (χ2v) is 4.59. The third-order valence-electron chi connectivity index (χ3n) is 3.15. The Kier molecular flexibility index (Phi) is 3.35. The highest BCUT2D eigenvalue weighted by Gasteiger charge is 2.30. The first kappa shape index (κ1) is 13.2. The summed E-state index contributed by atoms with van der Waals surface area (Å²) in [6.07, 6.45) is 2.24. The number of carbonyl (C=O) groups is 2. The largest absolute Gasteiger partial charge is 0.490 e. The van der Waals surface area contributed by atoms with Crippen LogP contribution in [0, 0.1) is 5.82 Å². The molecule has 0 fully saturated rings. The molecule has 0 radical (unpaired) electrons. The van der Waals surface area contributed by atoms with Gasteiger partial charge in [0, 0.05) is 6.20 Å². The number of aromatic nitrogens is 1. The molecule has 1 N–H and O–H groups in total. The number of ketones is 1. The molecule has 21 heavy (non-hydrogen) atoms. The Labute approximate surface area is 119 Å². The summed E-state index contributed by atoms with van der Waals surface area (Å²) in [4.78, 5) is 27.9. The molecule has 1 amide bonds. The van der Waals surface area contributed by atoms with E-state index >= 15 is 0 Å². The molecule has 5 nitrogen and oxygen atoms in total. The zero-order valence-corrected chi connectivity index (χ0v) is 10.9. The van der Waals surface area contributed by atoms with Crippen molar-refractivity contribution in [1.29, 1.82) is 0 Å². The van der Waals surface area contributed by atoms with Gasteiger partial charge in [-0.3, -0.25) is 14.6 Å². The number of para-hydroxylation sites is 1. The average Bonchev–Trinajstić information content (AvgIpc) is 2.50. The number of nitrogens with zero attached hydrogens (tertiary/aromatic N) is 1. The Morgan fingerprint density at radius 1 is 1.33 bits per heavy atom. The van der Waals surface area contributed by atoms with E-state index in [0.717, 1.165) is 12.3 Å². The number of hydrogen-bond donors (Lipinski definition) is 1. The Bertz CT molecular complexity index is 718. The molecule has 0 spiro atoms. The van der Waals surface area contributed by atoms with Crippen LogP contribution >= 0.6 is 0 Å². The van der Waals surface area contributed by atoms with E-state index in [1.165, 1.54) is 6.20 Å². The van der Waals surface area contributed by atoms with E-state index in [1.807, 2.05) is 0 Å². The first-order valence-corrected chi connectivity index (χ1v) is 6.32. The molecule has 0 saturated heterocycles. The van der Waals surface area contributed by atoms with Crippen LogP contribution in [0.1, 0.15) is 20.7 Å². The van der Waals surface area contributed by atoms with Crippen LogP contribution in [-0.2, 0) is 0 Å². The number of ether oxygens (including phenoxy) is 1. The quantitative estimate of drug-likeness (QED) is 0.910. The maximum absolute atomic E-state index is 13.0. The lowest BCUT2D eigenvalue weighted by Gasteiger charge is -2.24. The summed E-state index contributed by atoms with van der Waals surface area (Å²) in [6, 6.07) is 7.09. The second-order valence-electron chi connectivity index (χ2n) is 4.59. The van der Waals surface area contributed by atoms with Crippen molar-refractivity contribution < 1.29 is 18.7 Å². The summed E-state index contributed by atoms with van der Waals surface area (Å²) in [6.45, 7) is 0.0460. The molecule has 1 aromatic carbocycles. The molecule has 1 aliphatic rings. The van der Waals surface area contributed by atoms with Crippen molar-refractivity contribution in [3.8, 4) is 5.75 Å². The normalized spacial score (nSPS) is 16.8. The number of Topliss-reactive ketones (excluding diaryl/α,β-unsaturated/α-hetero) is 1. The van der Waals surface area contributed by atoms with Gasteiger partial charge in [-0.15, -0.1) is 0 Å². The molecule has 3 rings (SSSR count). The van der Waals surface area contributed by atoms with Crippen molar-refractivity contribution in [3.05, 3.63) is 59.7 Å². The fourth-order valence-corrected chi connectivity index (χ4v) is 2.12. The molecule has 2 heterocycles. The summed E-state index contributed by atoms with van der Waals surface area (Å²) in [5, 5.41) is 2.53. The van der Waals surface area contributed by atoms with E-state index in [1.54, 1.807) is 24.3 Å². The van der Waals surface area contributed by atoms with E-state index < -0.39 is 17.8 Å². The molecular formula is C15H11FN2O3. The number of carbonyl (C=O) groups excluding carboxylic acids is 2. The van der Waals surface area contributed by atoms with Crippen molar-refractivity contribution in [3.63, 3.8) is 0 Å². The summed E-state index contributed by atoms with van der Waals surface area (Å²) in [7, 11) is 0. The van der Waals surface area contributed by atoms with Crippen molar-refractivity contribution in [2.24, 2.45) is 0 Å². The predicted octanol–water partition coefficient (Wildman–Crippen LogP) is 1.59. The Balaban J connectivity index is 1.78. The number of amides is 1. The first-order valence-electron chi connectivity index (χ1n) is 6.32. The smallest absolute Gasteiger partial charge is 0.253 e. The predicted molar refractivity (Wildman–Crippen MR) is 71.7 cm³/mol. The van der Waals surface area contributed by atoms with Gasteiger partial charge in [0.25, 0.3) is 5.91 Å². The summed E-state index contributed by atoms with van der Waals surface area (Å²) in [5.74, 6) is -0.905. The van der Waals surface area contributed by atoms with Gasteiger partial charge in [-0.1, -0.05) is 12.1 Å². The van der Waals surface area contributed by atoms with E-state index in [2.05, 4.69) is 10.3 Å². The van der Waals surface area contributed by atoms with Gasteiger partial charge in [0.2, 0.25) is 0 Å². The number of benzene rings is 1. The fourth-order valence-electron chi connectivity index (χ4n) is 2.12. The van der Waals surface area contributed by atoms with Crippen LogP contribution in [0.15, 0.2) is 42.7 Å². The lowest BCUT2D eigenvalue weighted by Crippen LogP contribution is -2.47. The number of nitrogens with one attached hydrogen (secondary N) is 1. The van der Waals surface area contributed by atoms with Crippen molar-refractivity contribution in [2.45, 2.75) is 6.04 Å². The Hall–Kier alpha value is -2.76. The van der Waals surface area contributed by atoms with Crippen molar-refractivity contribution in [2.75, 3.05) is 6.61 Å². The van der Waals surface area contributed by atoms with Crippen LogP contribution in [0.2, 0.25) is 0 Å². The highest BCUT2D eigenvalue weighted by atomic mass is 19.1. The summed E-state index contributed by atoms with van der Waals surface area (Å²) in [5.41, 5.74) is 0.480. The topological polar surface area (TPSA) is 68.3 Å². The molecule has 0 bridgehead atoms. The van der Waals surface area contributed by atoms with Gasteiger partial charge in [0.15, 0.2) is 5.78 Å². The zero-order chi connectivity index (χ0) is 14.8. The summed E-state index contributed by atoms with van der Waals surface area (Å²) < 4.78 is 18.5. The van der Waals surface area contributed by atoms with Gasteiger partial charge in [0.05, 0.1) is 17.3 Å². The maximum atomic E-state index is 13.0. The summed E-state index contributed by atoms with van der Waals surface area (Å²) >= 11 is 0. The maximum Gasteiger partial charge on any atom is 0.253 e. The van der Waals surface area contributed by atoms with E-state index in [4.69, 9.17) is 4.74 Å². The number of halogens is 1. The lowest BCUT2D eigenvalue weighted by atomic mass is 10.0. The van der Waals surface area contributed by atoms with Gasteiger partial charge in [0.1, 0.15) is 24.2 Å².